The minimum absolute atomic E-state index is 0.0511. The quantitative estimate of drug-likeness (QED) is 0.837. The molecule has 0 radical (unpaired) electrons. The molecule has 1 amide bonds. The first-order chi connectivity index (χ1) is 10.1. The molecule has 1 N–H and O–H groups in total. The minimum atomic E-state index is 0.0511. The molecule has 0 bridgehead atoms. The van der Waals surface area contributed by atoms with Crippen LogP contribution < -0.4 is 5.32 Å². The molecule has 5 heteroatoms. The maximum atomic E-state index is 11.9. The number of carbonyl (C=O) groups is 1. The SMILES string of the molecule is CC(C)C(=O)NC[C@]12COC[C@H]1CN(C1CCOCC1)C2. The van der Waals surface area contributed by atoms with Gasteiger partial charge in [-0.15, -0.1) is 0 Å². The summed E-state index contributed by atoms with van der Waals surface area (Å²) < 4.78 is 11.2. The zero-order valence-corrected chi connectivity index (χ0v) is 13.3. The van der Waals surface area contributed by atoms with Gasteiger partial charge in [0.2, 0.25) is 5.91 Å². The van der Waals surface area contributed by atoms with E-state index in [1.807, 2.05) is 13.8 Å². The van der Waals surface area contributed by atoms with Gasteiger partial charge in [0.1, 0.15) is 0 Å². The molecule has 0 aromatic carbocycles. The lowest BCUT2D eigenvalue weighted by Crippen LogP contribution is -2.45. The Hall–Kier alpha value is -0.650. The molecule has 3 aliphatic rings. The number of ether oxygens (including phenoxy) is 2. The summed E-state index contributed by atoms with van der Waals surface area (Å²) in [6.07, 6.45) is 2.28. The lowest BCUT2D eigenvalue weighted by molar-refractivity contribution is -0.124. The van der Waals surface area contributed by atoms with Crippen molar-refractivity contribution < 1.29 is 14.3 Å². The number of likely N-dealkylation sites (tertiary alicyclic amines) is 1. The molecule has 3 rings (SSSR count). The Morgan fingerprint density at radius 1 is 1.33 bits per heavy atom. The molecule has 5 nitrogen and oxygen atoms in total. The van der Waals surface area contributed by atoms with Crippen molar-refractivity contribution in [2.24, 2.45) is 17.3 Å². The second-order valence-electron chi connectivity index (χ2n) is 7.22. The Labute approximate surface area is 127 Å². The molecule has 0 aliphatic carbocycles. The summed E-state index contributed by atoms with van der Waals surface area (Å²) in [6.45, 7) is 10.2. The van der Waals surface area contributed by atoms with Gasteiger partial charge in [0.05, 0.1) is 13.2 Å². The van der Waals surface area contributed by atoms with E-state index >= 15 is 0 Å². The molecular formula is C16H28N2O3. The van der Waals surface area contributed by atoms with E-state index < -0.39 is 0 Å². The smallest absolute Gasteiger partial charge is 0.222 e. The summed E-state index contributed by atoms with van der Waals surface area (Å²) in [5.41, 5.74) is 0.128. The Kier molecular flexibility index (Phi) is 4.52. The molecule has 0 aromatic rings. The molecule has 3 saturated heterocycles. The lowest BCUT2D eigenvalue weighted by atomic mass is 9.81. The Morgan fingerprint density at radius 2 is 2.10 bits per heavy atom. The fourth-order valence-corrected chi connectivity index (χ4v) is 3.92. The van der Waals surface area contributed by atoms with E-state index in [1.54, 1.807) is 0 Å². The highest BCUT2D eigenvalue weighted by molar-refractivity contribution is 5.77. The van der Waals surface area contributed by atoms with Crippen LogP contribution in [0.3, 0.4) is 0 Å². The fourth-order valence-electron chi connectivity index (χ4n) is 3.92. The van der Waals surface area contributed by atoms with Gasteiger partial charge in [-0.2, -0.15) is 0 Å². The third kappa shape index (κ3) is 3.10. The predicted octanol–water partition coefficient (Wildman–Crippen LogP) is 0.886. The Bertz CT molecular complexity index is 382. The number of carbonyl (C=O) groups excluding carboxylic acids is 1. The van der Waals surface area contributed by atoms with E-state index in [9.17, 15) is 4.79 Å². The van der Waals surface area contributed by atoms with Crippen LogP contribution in [0.25, 0.3) is 0 Å². The molecule has 21 heavy (non-hydrogen) atoms. The van der Waals surface area contributed by atoms with Crippen LogP contribution in [0.15, 0.2) is 0 Å². The lowest BCUT2D eigenvalue weighted by Gasteiger charge is -2.33. The van der Waals surface area contributed by atoms with Crippen molar-refractivity contribution in [3.05, 3.63) is 0 Å². The molecule has 120 valence electrons. The summed E-state index contributed by atoms with van der Waals surface area (Å²) in [6, 6.07) is 0.655. The van der Waals surface area contributed by atoms with E-state index in [2.05, 4.69) is 10.2 Å². The average Bonchev–Trinajstić information content (AvgIpc) is 3.02. The molecule has 3 aliphatic heterocycles. The second-order valence-corrected chi connectivity index (χ2v) is 7.22. The van der Waals surface area contributed by atoms with E-state index in [1.165, 1.54) is 0 Å². The molecule has 0 unspecified atom stereocenters. The van der Waals surface area contributed by atoms with Crippen molar-refractivity contribution in [3.8, 4) is 0 Å². The summed E-state index contributed by atoms with van der Waals surface area (Å²) in [4.78, 5) is 14.5. The molecule has 3 heterocycles. The van der Waals surface area contributed by atoms with Gasteiger partial charge >= 0.3 is 0 Å². The zero-order valence-electron chi connectivity index (χ0n) is 13.3. The van der Waals surface area contributed by atoms with Gasteiger partial charge in [0.15, 0.2) is 0 Å². The molecule has 0 aromatic heterocycles. The number of fused-ring (bicyclic) bond motifs is 1. The van der Waals surface area contributed by atoms with Gasteiger partial charge in [-0.05, 0) is 12.8 Å². The third-order valence-corrected chi connectivity index (χ3v) is 5.39. The standard InChI is InChI=1S/C16H28N2O3/c1-12(2)15(19)17-9-16-10-18(7-13(16)8-21-11-16)14-3-5-20-6-4-14/h12-14H,3-11H2,1-2H3,(H,17,19)/t13-,16+/m1/s1. The van der Waals surface area contributed by atoms with Crippen molar-refractivity contribution >= 4 is 5.91 Å². The van der Waals surface area contributed by atoms with Gasteiger partial charge in [-0.3, -0.25) is 9.69 Å². The van der Waals surface area contributed by atoms with Gasteiger partial charge in [0, 0.05) is 56.1 Å². The number of amides is 1. The largest absolute Gasteiger partial charge is 0.381 e. The first-order valence-corrected chi connectivity index (χ1v) is 8.28. The van der Waals surface area contributed by atoms with Crippen LogP contribution in [0.5, 0.6) is 0 Å². The summed E-state index contributed by atoms with van der Waals surface area (Å²) in [5.74, 6) is 0.766. The maximum absolute atomic E-state index is 11.9. The number of nitrogens with zero attached hydrogens (tertiary/aromatic N) is 1. The number of hydrogen-bond donors (Lipinski definition) is 1. The van der Waals surface area contributed by atoms with Crippen molar-refractivity contribution in [2.45, 2.75) is 32.7 Å². The highest BCUT2D eigenvalue weighted by atomic mass is 16.5. The first kappa shape index (κ1) is 15.3. The number of hydrogen-bond acceptors (Lipinski definition) is 4. The van der Waals surface area contributed by atoms with Gasteiger partial charge < -0.3 is 14.8 Å². The molecule has 2 atom stereocenters. The minimum Gasteiger partial charge on any atom is -0.381 e. The molecule has 0 spiro atoms. The average molecular weight is 296 g/mol. The van der Waals surface area contributed by atoms with E-state index in [0.29, 0.717) is 12.0 Å². The van der Waals surface area contributed by atoms with Crippen LogP contribution in [0.2, 0.25) is 0 Å². The topological polar surface area (TPSA) is 50.8 Å². The number of nitrogens with one attached hydrogen (secondary N) is 1. The van der Waals surface area contributed by atoms with Crippen LogP contribution >= 0.6 is 0 Å². The van der Waals surface area contributed by atoms with Crippen LogP contribution in [-0.2, 0) is 14.3 Å². The monoisotopic (exact) mass is 296 g/mol. The van der Waals surface area contributed by atoms with Crippen LogP contribution in [0.4, 0.5) is 0 Å². The van der Waals surface area contributed by atoms with Crippen LogP contribution in [-0.4, -0.2) is 62.9 Å². The van der Waals surface area contributed by atoms with Crippen molar-refractivity contribution in [1.29, 1.82) is 0 Å². The highest BCUT2D eigenvalue weighted by Crippen LogP contribution is 2.42. The van der Waals surface area contributed by atoms with Crippen molar-refractivity contribution in [1.82, 2.24) is 10.2 Å². The molecular weight excluding hydrogens is 268 g/mol. The van der Waals surface area contributed by atoms with Crippen LogP contribution in [0.1, 0.15) is 26.7 Å². The van der Waals surface area contributed by atoms with E-state index in [4.69, 9.17) is 9.47 Å². The highest BCUT2D eigenvalue weighted by Gasteiger charge is 2.51. The molecule has 3 fully saturated rings. The maximum Gasteiger partial charge on any atom is 0.222 e. The Morgan fingerprint density at radius 3 is 2.81 bits per heavy atom. The summed E-state index contributed by atoms with van der Waals surface area (Å²) >= 11 is 0. The predicted molar refractivity (Wildman–Crippen MR) is 80.0 cm³/mol. The van der Waals surface area contributed by atoms with E-state index in [0.717, 1.165) is 58.9 Å². The summed E-state index contributed by atoms with van der Waals surface area (Å²) in [7, 11) is 0. The normalized spacial score (nSPS) is 34.3. The first-order valence-electron chi connectivity index (χ1n) is 8.28. The molecule has 0 saturated carbocycles. The van der Waals surface area contributed by atoms with Crippen molar-refractivity contribution in [3.63, 3.8) is 0 Å². The van der Waals surface area contributed by atoms with Gasteiger partial charge in [0.25, 0.3) is 0 Å². The third-order valence-electron chi connectivity index (χ3n) is 5.39. The Balaban J connectivity index is 1.61. The second kappa shape index (κ2) is 6.23. The number of rotatable bonds is 4. The van der Waals surface area contributed by atoms with Gasteiger partial charge in [-0.25, -0.2) is 0 Å². The van der Waals surface area contributed by atoms with Gasteiger partial charge in [-0.1, -0.05) is 13.8 Å². The van der Waals surface area contributed by atoms with E-state index in [-0.39, 0.29) is 17.2 Å². The summed E-state index contributed by atoms with van der Waals surface area (Å²) in [5, 5.41) is 3.14. The zero-order chi connectivity index (χ0) is 14.9. The van der Waals surface area contributed by atoms with Crippen molar-refractivity contribution in [2.75, 3.05) is 46.1 Å². The van der Waals surface area contributed by atoms with Crippen LogP contribution in [0, 0.1) is 17.3 Å². The fraction of sp³-hybridized carbons (Fsp3) is 0.938.